The normalized spacial score (nSPS) is 20.8. The number of carbonyl (C=O) groups excluding carboxylic acids is 1. The second-order valence-electron chi connectivity index (χ2n) is 5.52. The summed E-state index contributed by atoms with van der Waals surface area (Å²) in [4.78, 5) is 17.8. The highest BCUT2D eigenvalue weighted by Gasteiger charge is 2.28. The summed E-state index contributed by atoms with van der Waals surface area (Å²) in [5.74, 6) is 1.95. The average molecular weight is 288 g/mol. The molecule has 112 valence electrons. The van der Waals surface area contributed by atoms with Crippen LogP contribution in [0.4, 0.5) is 0 Å². The summed E-state index contributed by atoms with van der Waals surface area (Å²) in [7, 11) is 3.81. The van der Waals surface area contributed by atoms with Gasteiger partial charge in [-0.2, -0.15) is 0 Å². The van der Waals surface area contributed by atoms with Crippen molar-refractivity contribution in [2.45, 2.75) is 24.9 Å². The Morgan fingerprint density at radius 3 is 2.95 bits per heavy atom. The predicted molar refractivity (Wildman–Crippen MR) is 77.6 cm³/mol. The van der Waals surface area contributed by atoms with E-state index in [1.54, 1.807) is 17.4 Å². The fourth-order valence-electron chi connectivity index (χ4n) is 2.78. The smallest absolute Gasteiger partial charge is 0.222 e. The molecule has 0 radical (unpaired) electrons. The third kappa shape index (κ3) is 2.85. The Morgan fingerprint density at radius 1 is 1.48 bits per heavy atom. The van der Waals surface area contributed by atoms with Gasteiger partial charge >= 0.3 is 0 Å². The molecule has 2 atom stereocenters. The fraction of sp³-hybridized carbons (Fsp3) is 0.467. The molecule has 6 nitrogen and oxygen atoms in total. The first kappa shape index (κ1) is 13.9. The van der Waals surface area contributed by atoms with Gasteiger partial charge < -0.3 is 13.9 Å². The number of likely N-dealkylation sites (N-methyl/N-ethyl adjacent to an activating group) is 1. The van der Waals surface area contributed by atoms with Crippen molar-refractivity contribution in [3.05, 3.63) is 42.4 Å². The summed E-state index contributed by atoms with van der Waals surface area (Å²) in [6.07, 6.45) is 6.79. The molecule has 2 unspecified atom stereocenters. The van der Waals surface area contributed by atoms with Crippen LogP contribution in [0.25, 0.3) is 0 Å². The van der Waals surface area contributed by atoms with Crippen molar-refractivity contribution in [3.8, 4) is 0 Å². The second kappa shape index (κ2) is 5.73. The Bertz CT molecular complexity index is 605. The lowest BCUT2D eigenvalue weighted by molar-refractivity contribution is -0.132. The molecule has 0 spiro atoms. The first-order valence-electron chi connectivity index (χ1n) is 7.16. The van der Waals surface area contributed by atoms with Crippen LogP contribution in [0.3, 0.4) is 0 Å². The number of nitrogens with one attached hydrogen (secondary N) is 1. The van der Waals surface area contributed by atoms with Crippen LogP contribution >= 0.6 is 0 Å². The van der Waals surface area contributed by atoms with Crippen molar-refractivity contribution in [2.24, 2.45) is 7.05 Å². The molecule has 2 aromatic rings. The van der Waals surface area contributed by atoms with Crippen LogP contribution in [0.15, 0.2) is 35.2 Å². The van der Waals surface area contributed by atoms with Gasteiger partial charge in [0, 0.05) is 45.5 Å². The zero-order valence-corrected chi connectivity index (χ0v) is 12.3. The molecule has 1 amide bonds. The molecule has 0 bridgehead atoms. The van der Waals surface area contributed by atoms with Crippen molar-refractivity contribution >= 4 is 5.91 Å². The molecule has 2 aromatic heterocycles. The molecule has 21 heavy (non-hydrogen) atoms. The first-order chi connectivity index (χ1) is 10.1. The van der Waals surface area contributed by atoms with E-state index in [0.717, 1.165) is 18.0 Å². The van der Waals surface area contributed by atoms with Crippen molar-refractivity contribution < 1.29 is 9.21 Å². The van der Waals surface area contributed by atoms with Crippen molar-refractivity contribution in [1.29, 1.82) is 0 Å². The number of imidazole rings is 1. The van der Waals surface area contributed by atoms with E-state index in [-0.39, 0.29) is 18.0 Å². The van der Waals surface area contributed by atoms with Gasteiger partial charge in [-0.3, -0.25) is 10.1 Å². The maximum Gasteiger partial charge on any atom is 0.222 e. The predicted octanol–water partition coefficient (Wildman–Crippen LogP) is 1.31. The number of aromatic nitrogens is 2. The summed E-state index contributed by atoms with van der Waals surface area (Å²) in [6.45, 7) is 0.709. The number of hydrogen-bond acceptors (Lipinski definition) is 4. The zero-order valence-electron chi connectivity index (χ0n) is 12.3. The van der Waals surface area contributed by atoms with Gasteiger partial charge in [-0.1, -0.05) is 0 Å². The van der Waals surface area contributed by atoms with Gasteiger partial charge in [0.2, 0.25) is 5.91 Å². The number of aryl methyl sites for hydroxylation is 1. The lowest BCUT2D eigenvalue weighted by atomic mass is 10.0. The molecule has 1 saturated heterocycles. The van der Waals surface area contributed by atoms with E-state index in [0.29, 0.717) is 13.0 Å². The number of likely N-dealkylation sites (tertiary alicyclic amines) is 1. The van der Waals surface area contributed by atoms with Crippen LogP contribution in [0, 0.1) is 0 Å². The summed E-state index contributed by atoms with van der Waals surface area (Å²) in [6, 6.07) is 3.96. The largest absolute Gasteiger partial charge is 0.467 e. The van der Waals surface area contributed by atoms with E-state index < -0.39 is 0 Å². The number of hydrogen-bond donors (Lipinski definition) is 1. The minimum atomic E-state index is -0.105. The highest BCUT2D eigenvalue weighted by atomic mass is 16.3. The van der Waals surface area contributed by atoms with E-state index >= 15 is 0 Å². The van der Waals surface area contributed by atoms with Gasteiger partial charge in [-0.25, -0.2) is 4.98 Å². The molecule has 0 saturated carbocycles. The number of furan rings is 1. The quantitative estimate of drug-likeness (QED) is 0.921. The van der Waals surface area contributed by atoms with Crippen LogP contribution in [0.2, 0.25) is 0 Å². The fourth-order valence-corrected chi connectivity index (χ4v) is 2.78. The third-order valence-electron chi connectivity index (χ3n) is 3.97. The Labute approximate surface area is 123 Å². The van der Waals surface area contributed by atoms with Gasteiger partial charge in [0.15, 0.2) is 0 Å². The maximum atomic E-state index is 11.6. The number of piperidine rings is 1. The third-order valence-corrected chi connectivity index (χ3v) is 3.97. The Morgan fingerprint density at radius 2 is 2.33 bits per heavy atom. The topological polar surface area (TPSA) is 63.3 Å². The molecule has 3 heterocycles. The monoisotopic (exact) mass is 288 g/mol. The van der Waals surface area contributed by atoms with Crippen molar-refractivity contribution in [1.82, 2.24) is 19.8 Å². The summed E-state index contributed by atoms with van der Waals surface area (Å²) in [5, 5.41) is 3.58. The minimum Gasteiger partial charge on any atom is -0.467 e. The molecular formula is C15H20N4O2. The van der Waals surface area contributed by atoms with Crippen LogP contribution in [-0.2, 0) is 11.8 Å². The molecule has 3 rings (SSSR count). The van der Waals surface area contributed by atoms with Crippen LogP contribution in [0.1, 0.15) is 30.5 Å². The average Bonchev–Trinajstić information content (AvgIpc) is 3.12. The van der Waals surface area contributed by atoms with Crippen LogP contribution < -0.4 is 5.32 Å². The van der Waals surface area contributed by atoms with Gasteiger partial charge in [0.1, 0.15) is 17.6 Å². The molecule has 0 aromatic carbocycles. The zero-order chi connectivity index (χ0) is 14.8. The lowest BCUT2D eigenvalue weighted by Gasteiger charge is -2.32. The Kier molecular flexibility index (Phi) is 3.79. The van der Waals surface area contributed by atoms with Gasteiger partial charge in [0.05, 0.1) is 6.26 Å². The molecule has 1 fully saturated rings. The van der Waals surface area contributed by atoms with Gasteiger partial charge in [0.25, 0.3) is 0 Å². The summed E-state index contributed by atoms with van der Waals surface area (Å²) < 4.78 is 7.55. The van der Waals surface area contributed by atoms with Crippen molar-refractivity contribution in [3.63, 3.8) is 0 Å². The van der Waals surface area contributed by atoms with E-state index in [1.165, 1.54) is 0 Å². The molecule has 1 aliphatic heterocycles. The molecule has 1 aliphatic rings. The highest BCUT2D eigenvalue weighted by molar-refractivity contribution is 5.76. The second-order valence-corrected chi connectivity index (χ2v) is 5.52. The highest BCUT2D eigenvalue weighted by Crippen LogP contribution is 2.23. The van der Waals surface area contributed by atoms with Crippen molar-refractivity contribution in [2.75, 3.05) is 13.6 Å². The molecule has 1 N–H and O–H groups in total. The number of rotatable bonds is 4. The number of carbonyl (C=O) groups is 1. The first-order valence-corrected chi connectivity index (χ1v) is 7.16. The van der Waals surface area contributed by atoms with E-state index in [9.17, 15) is 4.79 Å². The van der Waals surface area contributed by atoms with E-state index in [1.807, 2.05) is 37.0 Å². The molecule has 0 aliphatic carbocycles. The van der Waals surface area contributed by atoms with Crippen LogP contribution in [-0.4, -0.2) is 40.0 Å². The summed E-state index contributed by atoms with van der Waals surface area (Å²) in [5.41, 5.74) is 0. The standard InChI is InChI=1S/C15H20N4O2/c1-18-8-7-16-15(18)14(12-4-3-9-21-12)17-11-5-6-13(20)19(2)10-11/h3-4,7-9,11,14,17H,5-6,10H2,1-2H3. The number of nitrogens with zero attached hydrogens (tertiary/aromatic N) is 3. The summed E-state index contributed by atoms with van der Waals surface area (Å²) >= 11 is 0. The number of amides is 1. The molecular weight excluding hydrogens is 268 g/mol. The minimum absolute atomic E-state index is 0.105. The van der Waals surface area contributed by atoms with Gasteiger partial charge in [-0.15, -0.1) is 0 Å². The molecule has 6 heteroatoms. The van der Waals surface area contributed by atoms with E-state index in [4.69, 9.17) is 4.42 Å². The van der Waals surface area contributed by atoms with E-state index in [2.05, 4.69) is 10.3 Å². The van der Waals surface area contributed by atoms with Gasteiger partial charge in [-0.05, 0) is 18.6 Å². The SMILES string of the molecule is CN1CC(NC(c2ccco2)c2nccn2C)CCC1=O. The Balaban J connectivity index is 1.81. The maximum absolute atomic E-state index is 11.6. The van der Waals surface area contributed by atoms with Crippen LogP contribution in [0.5, 0.6) is 0 Å². The Hall–Kier alpha value is -2.08. The lowest BCUT2D eigenvalue weighted by Crippen LogP contribution is -2.48.